The predicted molar refractivity (Wildman–Crippen MR) is 110 cm³/mol. The smallest absolute Gasteiger partial charge is 0.259 e. The van der Waals surface area contributed by atoms with E-state index in [2.05, 4.69) is 20.6 Å². The third-order valence-corrected chi connectivity index (χ3v) is 4.35. The number of amides is 2. The summed E-state index contributed by atoms with van der Waals surface area (Å²) in [6.45, 7) is -0.218. The van der Waals surface area contributed by atoms with Crippen LogP contribution in [0.1, 0.15) is 10.4 Å². The number of pyridine rings is 1. The number of methoxy groups -OCH3 is 1. The molecule has 1 aromatic carbocycles. The molecule has 0 aliphatic carbocycles. The number of anilines is 2. The standard InChI is InChI=1S/C19H20N6O5/c1-21-15(26)9-30-13-5-4-11-12(16(13)29-3)6-14(25(2)18(11)28)24-17(27)10-7-22-19(20)23-8-10/h4-8H,9H2,1-3H3,(H,21,26)(H,24,27)(H2,20,22,23). The van der Waals surface area contributed by atoms with Gasteiger partial charge in [0.1, 0.15) is 5.82 Å². The summed E-state index contributed by atoms with van der Waals surface area (Å²) in [4.78, 5) is 44.4. The minimum absolute atomic E-state index is 0.0404. The average molecular weight is 412 g/mol. The number of carbonyl (C=O) groups is 2. The first-order valence-corrected chi connectivity index (χ1v) is 8.78. The molecule has 2 aromatic heterocycles. The minimum Gasteiger partial charge on any atom is -0.492 e. The molecule has 0 unspecified atom stereocenters. The Hall–Kier alpha value is -4.15. The zero-order valence-electron chi connectivity index (χ0n) is 16.6. The summed E-state index contributed by atoms with van der Waals surface area (Å²) in [5, 5.41) is 5.88. The van der Waals surface area contributed by atoms with Gasteiger partial charge in [-0.1, -0.05) is 0 Å². The molecule has 11 heteroatoms. The first-order valence-electron chi connectivity index (χ1n) is 8.78. The van der Waals surface area contributed by atoms with Crippen molar-refractivity contribution in [3.63, 3.8) is 0 Å². The fraction of sp³-hybridized carbons (Fsp3) is 0.211. The minimum atomic E-state index is -0.518. The van der Waals surface area contributed by atoms with Gasteiger partial charge in [-0.2, -0.15) is 0 Å². The molecule has 0 spiro atoms. The van der Waals surface area contributed by atoms with Crippen molar-refractivity contribution < 1.29 is 19.1 Å². The van der Waals surface area contributed by atoms with E-state index in [-0.39, 0.29) is 46.9 Å². The number of likely N-dealkylation sites (N-methyl/N-ethyl adjacent to an activating group) is 1. The van der Waals surface area contributed by atoms with E-state index in [4.69, 9.17) is 15.2 Å². The molecule has 0 aliphatic heterocycles. The number of nitrogen functional groups attached to an aromatic ring is 1. The van der Waals surface area contributed by atoms with Gasteiger partial charge in [-0.25, -0.2) is 9.97 Å². The fourth-order valence-corrected chi connectivity index (χ4v) is 2.74. The van der Waals surface area contributed by atoms with Gasteiger partial charge in [0.25, 0.3) is 17.4 Å². The molecule has 3 rings (SSSR count). The Morgan fingerprint density at radius 3 is 2.53 bits per heavy atom. The van der Waals surface area contributed by atoms with Gasteiger partial charge in [0.15, 0.2) is 18.1 Å². The molecule has 30 heavy (non-hydrogen) atoms. The maximum Gasteiger partial charge on any atom is 0.259 e. The lowest BCUT2D eigenvalue weighted by atomic mass is 10.1. The first-order chi connectivity index (χ1) is 14.3. The molecule has 2 heterocycles. The summed E-state index contributed by atoms with van der Waals surface area (Å²) in [5.74, 6) is -0.0311. The molecule has 0 atom stereocenters. The van der Waals surface area contributed by atoms with Crippen molar-refractivity contribution in [1.29, 1.82) is 0 Å². The SMILES string of the molecule is CNC(=O)COc1ccc2c(=O)n(C)c(NC(=O)c3cnc(N)nc3)cc2c1OC. The second kappa shape index (κ2) is 8.47. The van der Waals surface area contributed by atoms with Crippen molar-refractivity contribution in [3.05, 3.63) is 46.5 Å². The quantitative estimate of drug-likeness (QED) is 0.523. The Labute approximate surface area is 170 Å². The van der Waals surface area contributed by atoms with Gasteiger partial charge < -0.3 is 25.8 Å². The number of fused-ring (bicyclic) bond motifs is 1. The lowest BCUT2D eigenvalue weighted by Gasteiger charge is -2.16. The van der Waals surface area contributed by atoms with E-state index in [1.165, 1.54) is 38.2 Å². The number of benzene rings is 1. The highest BCUT2D eigenvalue weighted by Crippen LogP contribution is 2.35. The highest BCUT2D eigenvalue weighted by molar-refractivity contribution is 6.04. The summed E-state index contributed by atoms with van der Waals surface area (Å²) in [6.07, 6.45) is 2.56. The summed E-state index contributed by atoms with van der Waals surface area (Å²) in [5.41, 5.74) is 5.25. The maximum absolute atomic E-state index is 12.8. The first kappa shape index (κ1) is 20.6. The van der Waals surface area contributed by atoms with Crippen LogP contribution < -0.4 is 31.4 Å². The van der Waals surface area contributed by atoms with E-state index in [1.807, 2.05) is 0 Å². The van der Waals surface area contributed by atoms with E-state index >= 15 is 0 Å². The molecule has 0 fully saturated rings. The molecule has 2 amide bonds. The number of rotatable bonds is 6. The van der Waals surface area contributed by atoms with Crippen LogP contribution in [-0.2, 0) is 11.8 Å². The highest BCUT2D eigenvalue weighted by atomic mass is 16.5. The number of hydrogen-bond donors (Lipinski definition) is 3. The lowest BCUT2D eigenvalue weighted by Crippen LogP contribution is -2.25. The molecule has 0 saturated carbocycles. The summed E-state index contributed by atoms with van der Waals surface area (Å²) < 4.78 is 12.2. The normalized spacial score (nSPS) is 10.5. The highest BCUT2D eigenvalue weighted by Gasteiger charge is 2.17. The Balaban J connectivity index is 2.03. The Morgan fingerprint density at radius 2 is 1.90 bits per heavy atom. The van der Waals surface area contributed by atoms with Crippen LogP contribution >= 0.6 is 0 Å². The lowest BCUT2D eigenvalue weighted by molar-refractivity contribution is -0.122. The van der Waals surface area contributed by atoms with Crippen LogP contribution in [0.4, 0.5) is 11.8 Å². The second-order valence-corrected chi connectivity index (χ2v) is 6.20. The molecule has 0 aliphatic rings. The molecule has 0 saturated heterocycles. The topological polar surface area (TPSA) is 150 Å². The van der Waals surface area contributed by atoms with Crippen LogP contribution in [0.5, 0.6) is 11.5 Å². The number of carbonyl (C=O) groups excluding carboxylic acids is 2. The predicted octanol–water partition coefficient (Wildman–Crippen LogP) is 0.296. The van der Waals surface area contributed by atoms with Crippen molar-refractivity contribution >= 4 is 34.4 Å². The van der Waals surface area contributed by atoms with Crippen molar-refractivity contribution in [1.82, 2.24) is 19.9 Å². The Morgan fingerprint density at radius 1 is 1.20 bits per heavy atom. The van der Waals surface area contributed by atoms with E-state index < -0.39 is 5.91 Å². The number of nitrogens with two attached hydrogens (primary N) is 1. The number of nitrogens with zero attached hydrogens (tertiary/aromatic N) is 3. The van der Waals surface area contributed by atoms with Gasteiger partial charge >= 0.3 is 0 Å². The molecule has 0 radical (unpaired) electrons. The monoisotopic (exact) mass is 412 g/mol. The average Bonchev–Trinajstić information content (AvgIpc) is 2.75. The van der Waals surface area contributed by atoms with Crippen molar-refractivity contribution in [2.24, 2.45) is 7.05 Å². The fourth-order valence-electron chi connectivity index (χ4n) is 2.74. The third kappa shape index (κ3) is 3.99. The Kier molecular flexibility index (Phi) is 5.81. The van der Waals surface area contributed by atoms with Crippen LogP contribution in [0.3, 0.4) is 0 Å². The second-order valence-electron chi connectivity index (χ2n) is 6.20. The molecule has 156 valence electrons. The van der Waals surface area contributed by atoms with Gasteiger partial charge in [0.2, 0.25) is 5.95 Å². The maximum atomic E-state index is 12.8. The molecule has 4 N–H and O–H groups in total. The molecule has 3 aromatic rings. The van der Waals surface area contributed by atoms with Gasteiger partial charge in [-0.3, -0.25) is 19.0 Å². The molecular weight excluding hydrogens is 392 g/mol. The summed E-state index contributed by atoms with van der Waals surface area (Å²) in [7, 11) is 4.44. The third-order valence-electron chi connectivity index (χ3n) is 4.35. The Bertz CT molecular complexity index is 1170. The summed E-state index contributed by atoms with van der Waals surface area (Å²) >= 11 is 0. The van der Waals surface area contributed by atoms with Crippen molar-refractivity contribution in [3.8, 4) is 11.5 Å². The van der Waals surface area contributed by atoms with E-state index in [0.717, 1.165) is 0 Å². The van der Waals surface area contributed by atoms with Crippen LogP contribution in [0.2, 0.25) is 0 Å². The number of nitrogens with one attached hydrogen (secondary N) is 2. The van der Waals surface area contributed by atoms with Gasteiger partial charge in [0.05, 0.1) is 18.1 Å². The van der Waals surface area contributed by atoms with E-state index in [9.17, 15) is 14.4 Å². The van der Waals surface area contributed by atoms with Crippen LogP contribution in [0.15, 0.2) is 35.4 Å². The number of ether oxygens (including phenoxy) is 2. The van der Waals surface area contributed by atoms with Crippen LogP contribution in [0.25, 0.3) is 10.8 Å². The molecular formula is C19H20N6O5. The van der Waals surface area contributed by atoms with Gasteiger partial charge in [0, 0.05) is 31.9 Å². The largest absolute Gasteiger partial charge is 0.492 e. The molecule has 0 bridgehead atoms. The zero-order valence-corrected chi connectivity index (χ0v) is 16.6. The van der Waals surface area contributed by atoms with Crippen LogP contribution in [0, 0.1) is 0 Å². The van der Waals surface area contributed by atoms with Gasteiger partial charge in [-0.15, -0.1) is 0 Å². The van der Waals surface area contributed by atoms with Crippen molar-refractivity contribution in [2.45, 2.75) is 0 Å². The van der Waals surface area contributed by atoms with E-state index in [0.29, 0.717) is 10.8 Å². The molecule has 11 nitrogen and oxygen atoms in total. The van der Waals surface area contributed by atoms with Crippen LogP contribution in [-0.4, -0.2) is 47.1 Å². The van der Waals surface area contributed by atoms with Crippen molar-refractivity contribution in [2.75, 3.05) is 31.8 Å². The number of hydrogen-bond acceptors (Lipinski definition) is 8. The summed E-state index contributed by atoms with van der Waals surface area (Å²) in [6, 6.07) is 4.70. The van der Waals surface area contributed by atoms with Gasteiger partial charge in [-0.05, 0) is 18.2 Å². The van der Waals surface area contributed by atoms with E-state index in [1.54, 1.807) is 18.2 Å². The zero-order chi connectivity index (χ0) is 21.8. The number of aromatic nitrogens is 3.